The number of carboxylic acids is 3. The zero-order chi connectivity index (χ0) is 78.7. The predicted molar refractivity (Wildman–Crippen MR) is 432 cm³/mol. The first-order valence-electron chi connectivity index (χ1n) is 36.3. The van der Waals surface area contributed by atoms with E-state index in [-0.39, 0.29) is 65.2 Å². The molecule has 113 heavy (non-hydrogen) atoms. The summed E-state index contributed by atoms with van der Waals surface area (Å²) >= 11 is 0. The highest BCUT2D eigenvalue weighted by atomic mass is 16.4. The van der Waals surface area contributed by atoms with E-state index in [9.17, 15) is 59.1 Å². The molecule has 0 radical (unpaired) electrons. The second kappa shape index (κ2) is 31.4. The van der Waals surface area contributed by atoms with Gasteiger partial charge >= 0.3 is 17.9 Å². The van der Waals surface area contributed by atoms with Crippen molar-refractivity contribution in [2.24, 2.45) is 9.98 Å². The number of amides is 4. The second-order valence-corrected chi connectivity index (χ2v) is 27.6. The summed E-state index contributed by atoms with van der Waals surface area (Å²) in [6.07, 6.45) is 9.00. The molecule has 4 aromatic heterocycles. The van der Waals surface area contributed by atoms with Crippen LogP contribution in [-0.4, -0.2) is 160 Å². The number of carbonyl (C=O) groups excluding carboxylic acids is 4. The summed E-state index contributed by atoms with van der Waals surface area (Å²) in [5.41, 5.74) is 16.2. The van der Waals surface area contributed by atoms with Crippen LogP contribution in [0.4, 0.5) is 39.8 Å². The molecule has 0 aliphatic carbocycles. The number of aromatic amines is 2. The zero-order valence-corrected chi connectivity index (χ0v) is 61.4. The molecule has 564 valence electrons. The average Bonchev–Trinajstić information content (AvgIpc) is 1.57. The number of hydrogen-bond donors (Lipinski definition) is 8. The lowest BCUT2D eigenvalue weighted by atomic mass is 9.98. The van der Waals surface area contributed by atoms with Crippen LogP contribution in [0.25, 0.3) is 33.1 Å². The van der Waals surface area contributed by atoms with Crippen molar-refractivity contribution in [2.75, 3.05) is 72.2 Å². The number of nitrogens with zero attached hydrogens (tertiary/aromatic N) is 11. The monoisotopic (exact) mass is 1510 g/mol. The third kappa shape index (κ3) is 15.3. The van der Waals surface area contributed by atoms with E-state index in [0.29, 0.717) is 117 Å². The summed E-state index contributed by atoms with van der Waals surface area (Å²) in [6.45, 7) is 2.52. The predicted octanol–water partition coefficient (Wildman–Crippen LogP) is 12.8. The smallest absolute Gasteiger partial charge is 0.335 e. The molecular weight excluding hydrogens is 1430 g/mol. The maximum atomic E-state index is 13.3. The first-order chi connectivity index (χ1) is 54.7. The standard InChI is InChI=1S/2C29H23N5O4.C29H28N4O4/c2*35-25(17-33-13-4-12-30-33)34-14-11-19-15-21(8-10-24(19)34)31-27(18-5-2-1-3-6-18)26-22-9-7-20(29(37)38)16-23(22)32-28(26)36;1-31(2)17-25(34)33-14-13-19-15-21(10-12-24(19)33)32(3)27(18-7-5-4-6-8-18)26-22-11-9-20(29(36)37)16-23(22)30-28(26)35/h2*1-10,12-13,15-16,32,36H,11,14,17H2,(H,37,38);4-12,15-16H,13-14,17H2,1-3H3,(H,30,35)(H,36,37)/b;;27-26-. The Labute approximate surface area is 646 Å². The largest absolute Gasteiger partial charge is 0.494 e. The van der Waals surface area contributed by atoms with Crippen molar-refractivity contribution >= 4 is 126 Å². The zero-order valence-electron chi connectivity index (χ0n) is 61.4. The van der Waals surface area contributed by atoms with Crippen molar-refractivity contribution in [2.45, 2.75) is 32.4 Å². The van der Waals surface area contributed by atoms with Crippen molar-refractivity contribution < 1.29 is 59.1 Å². The second-order valence-electron chi connectivity index (χ2n) is 27.6. The van der Waals surface area contributed by atoms with Gasteiger partial charge in [0.25, 0.3) is 5.91 Å². The number of benzene rings is 9. The van der Waals surface area contributed by atoms with Crippen LogP contribution in [0, 0.1) is 0 Å². The van der Waals surface area contributed by atoms with Crippen LogP contribution in [0.2, 0.25) is 0 Å². The molecule has 8 heterocycles. The summed E-state index contributed by atoms with van der Waals surface area (Å²) < 4.78 is 3.22. The van der Waals surface area contributed by atoms with Gasteiger partial charge in [-0.2, -0.15) is 10.2 Å². The number of fused-ring (bicyclic) bond motifs is 6. The number of rotatable bonds is 18. The number of likely N-dealkylation sites (N-methyl/N-ethyl adjacent to an activating group) is 1. The molecule has 17 rings (SSSR count). The van der Waals surface area contributed by atoms with Crippen LogP contribution >= 0.6 is 0 Å². The number of aromatic nitrogens is 6. The van der Waals surface area contributed by atoms with Gasteiger partial charge < -0.3 is 65.3 Å². The number of H-pyrrole nitrogens is 2. The molecule has 0 bridgehead atoms. The SMILES string of the molecule is CN(C)CC(=O)N1CCc2cc(N(C)/C(=C3\C(=O)Nc4cc(C(=O)O)ccc43)c3ccccc3)ccc21.O=C(O)c1ccc2c(C(=Nc3ccc4c(c3)CCN4C(=O)Cn3cccn3)c3ccccc3)c(O)[nH]c2c1.O=C(O)c1ccc2c(C(=Nc3ccc4c(c3)CCN4C(=O)Cn3cccn3)c3ccccc3)c(O)[nH]c2c1. The van der Waals surface area contributed by atoms with Gasteiger partial charge in [-0.05, 0) is 159 Å². The summed E-state index contributed by atoms with van der Waals surface area (Å²) in [4.78, 5) is 111. The Kier molecular flexibility index (Phi) is 20.5. The molecule has 8 N–H and O–H groups in total. The van der Waals surface area contributed by atoms with Gasteiger partial charge in [0.05, 0.1) is 74.1 Å². The number of aliphatic imine (C=N–C) groups is 2. The highest BCUT2D eigenvalue weighted by Crippen LogP contribution is 2.43. The van der Waals surface area contributed by atoms with E-state index in [1.54, 1.807) is 74.3 Å². The molecule has 13 aromatic rings. The highest BCUT2D eigenvalue weighted by molar-refractivity contribution is 6.38. The molecule has 4 aliphatic heterocycles. The third-order valence-corrected chi connectivity index (χ3v) is 20.1. The van der Waals surface area contributed by atoms with E-state index < -0.39 is 17.9 Å². The lowest BCUT2D eigenvalue weighted by molar-refractivity contribution is -0.120. The van der Waals surface area contributed by atoms with Crippen LogP contribution in [0.15, 0.2) is 247 Å². The molecule has 0 saturated heterocycles. The molecule has 0 fully saturated rings. The summed E-state index contributed by atoms with van der Waals surface area (Å²) in [6, 6.07) is 63.7. The first-order valence-corrected chi connectivity index (χ1v) is 36.3. The topological polar surface area (TPSA) is 341 Å². The maximum Gasteiger partial charge on any atom is 0.335 e. The van der Waals surface area contributed by atoms with Gasteiger partial charge in [0.1, 0.15) is 13.1 Å². The number of carbonyl (C=O) groups is 7. The van der Waals surface area contributed by atoms with E-state index in [4.69, 9.17) is 9.98 Å². The Balaban J connectivity index is 0.000000134. The van der Waals surface area contributed by atoms with Crippen molar-refractivity contribution in [3.63, 3.8) is 0 Å². The molecule has 4 amide bonds. The summed E-state index contributed by atoms with van der Waals surface area (Å²) in [7, 11) is 5.68. The molecule has 0 spiro atoms. The number of hydrogen-bond acceptors (Lipinski definition) is 15. The van der Waals surface area contributed by atoms with Gasteiger partial charge in [0.15, 0.2) is 11.8 Å². The van der Waals surface area contributed by atoms with Crippen molar-refractivity contribution in [1.82, 2.24) is 34.4 Å². The van der Waals surface area contributed by atoms with Crippen molar-refractivity contribution in [1.29, 1.82) is 0 Å². The van der Waals surface area contributed by atoms with Gasteiger partial charge in [0.2, 0.25) is 17.7 Å². The third-order valence-electron chi connectivity index (χ3n) is 20.1. The maximum absolute atomic E-state index is 13.3. The lowest BCUT2D eigenvalue weighted by Gasteiger charge is -2.26. The van der Waals surface area contributed by atoms with E-state index in [1.165, 1.54) is 36.4 Å². The van der Waals surface area contributed by atoms with Crippen LogP contribution in [-0.2, 0) is 51.5 Å². The lowest BCUT2D eigenvalue weighted by Crippen LogP contribution is -2.36. The van der Waals surface area contributed by atoms with Gasteiger partial charge in [-0.1, -0.05) is 109 Å². The van der Waals surface area contributed by atoms with Gasteiger partial charge in [-0.15, -0.1) is 0 Å². The molecule has 26 nitrogen and oxygen atoms in total. The number of aromatic carboxylic acids is 3. The number of anilines is 5. The van der Waals surface area contributed by atoms with Crippen molar-refractivity contribution in [3.8, 4) is 11.8 Å². The number of nitrogens with one attached hydrogen (secondary N) is 3. The fourth-order valence-corrected chi connectivity index (χ4v) is 14.7. The Morgan fingerprint density at radius 1 is 0.460 bits per heavy atom. The molecule has 0 saturated carbocycles. The fourth-order valence-electron chi connectivity index (χ4n) is 14.7. The van der Waals surface area contributed by atoms with E-state index in [2.05, 4.69) is 31.5 Å². The van der Waals surface area contributed by atoms with Gasteiger partial charge in [-0.25, -0.2) is 24.4 Å². The van der Waals surface area contributed by atoms with E-state index >= 15 is 0 Å². The number of carboxylic acid groups (broad SMARTS) is 3. The summed E-state index contributed by atoms with van der Waals surface area (Å²) in [5, 5.41) is 62.3. The Morgan fingerprint density at radius 3 is 1.33 bits per heavy atom. The Morgan fingerprint density at radius 2 is 0.885 bits per heavy atom. The first kappa shape index (κ1) is 73.7. The number of aromatic hydroxyl groups is 2. The minimum absolute atomic E-state index is 0.0295. The molecule has 0 unspecified atom stereocenters. The molecule has 0 atom stereocenters. The van der Waals surface area contributed by atoms with Crippen molar-refractivity contribution in [3.05, 3.63) is 304 Å². The Bertz CT molecular complexity index is 5750. The quantitative estimate of drug-likeness (QED) is 0.0292. The minimum atomic E-state index is -1.05. The molecular formula is C87H74N14O12. The van der Waals surface area contributed by atoms with Crippen LogP contribution in [0.3, 0.4) is 0 Å². The molecule has 9 aromatic carbocycles. The minimum Gasteiger partial charge on any atom is -0.494 e. The normalized spacial score (nSPS) is 13.9. The average molecular weight is 1510 g/mol. The highest BCUT2D eigenvalue weighted by Gasteiger charge is 2.34. The van der Waals surface area contributed by atoms with Gasteiger partial charge in [0, 0.05) is 113 Å². The van der Waals surface area contributed by atoms with E-state index in [1.807, 2.05) is 175 Å². The summed E-state index contributed by atoms with van der Waals surface area (Å²) in [5.74, 6) is -3.61. The van der Waals surface area contributed by atoms with E-state index in [0.717, 1.165) is 62.6 Å². The fraction of sp³-hybridized carbons (Fsp3) is 0.138. The van der Waals surface area contributed by atoms with Crippen LogP contribution in [0.1, 0.15) is 81.1 Å². The van der Waals surface area contributed by atoms with Crippen LogP contribution < -0.4 is 24.9 Å². The van der Waals surface area contributed by atoms with Crippen LogP contribution in [0.5, 0.6) is 11.8 Å². The van der Waals surface area contributed by atoms with Gasteiger partial charge in [-0.3, -0.25) is 28.5 Å². The molecule has 4 aliphatic rings. The molecule has 26 heteroatoms. The Hall–Kier alpha value is -14.8.